The van der Waals surface area contributed by atoms with Gasteiger partial charge in [0.2, 0.25) is 0 Å². The quantitative estimate of drug-likeness (QED) is 0.621. The Hall–Kier alpha value is -2.77. The fraction of sp³-hybridized carbons (Fsp3) is 0.357. The maximum absolute atomic E-state index is 12.0. The van der Waals surface area contributed by atoms with Crippen molar-refractivity contribution >= 4 is 11.9 Å². The van der Waals surface area contributed by atoms with Gasteiger partial charge in [0.25, 0.3) is 5.91 Å². The monoisotopic (exact) mass is 303 g/mol. The lowest BCUT2D eigenvalue weighted by atomic mass is 10.1. The fourth-order valence-corrected chi connectivity index (χ4v) is 1.96. The molecule has 8 nitrogen and oxygen atoms in total. The molecule has 22 heavy (non-hydrogen) atoms. The van der Waals surface area contributed by atoms with Crippen molar-refractivity contribution in [2.75, 3.05) is 13.7 Å². The van der Waals surface area contributed by atoms with Gasteiger partial charge >= 0.3 is 5.97 Å². The number of ether oxygens (including phenoxy) is 1. The van der Waals surface area contributed by atoms with E-state index in [1.807, 2.05) is 6.92 Å². The average Bonchev–Trinajstić information content (AvgIpc) is 3.05. The van der Waals surface area contributed by atoms with Crippen LogP contribution in [0.25, 0.3) is 5.69 Å². The van der Waals surface area contributed by atoms with Crippen molar-refractivity contribution in [2.45, 2.75) is 19.8 Å². The first-order valence-electron chi connectivity index (χ1n) is 6.81. The van der Waals surface area contributed by atoms with E-state index in [-0.39, 0.29) is 18.3 Å². The third-order valence-electron chi connectivity index (χ3n) is 3.13. The van der Waals surface area contributed by atoms with E-state index in [1.54, 1.807) is 18.2 Å². The number of hydrogen-bond acceptors (Lipinski definition) is 6. The normalized spacial score (nSPS) is 10.3. The lowest BCUT2D eigenvalue weighted by Crippen LogP contribution is -2.25. The van der Waals surface area contributed by atoms with Crippen molar-refractivity contribution in [3.8, 4) is 5.69 Å². The van der Waals surface area contributed by atoms with E-state index in [0.29, 0.717) is 18.5 Å². The number of hydrogen-bond donors (Lipinski definition) is 1. The van der Waals surface area contributed by atoms with Gasteiger partial charge in [0.05, 0.1) is 12.8 Å². The predicted molar refractivity (Wildman–Crippen MR) is 77.5 cm³/mol. The minimum atomic E-state index is -0.282. The van der Waals surface area contributed by atoms with Gasteiger partial charge in [0.1, 0.15) is 6.33 Å². The molecule has 116 valence electrons. The second-order valence-corrected chi connectivity index (χ2v) is 4.69. The number of carbonyl (C=O) groups excluding carboxylic acids is 2. The highest BCUT2D eigenvalue weighted by Gasteiger charge is 2.09. The molecule has 0 aliphatic heterocycles. The number of rotatable bonds is 6. The van der Waals surface area contributed by atoms with Crippen molar-refractivity contribution in [1.29, 1.82) is 0 Å². The Morgan fingerprint density at radius 3 is 2.82 bits per heavy atom. The van der Waals surface area contributed by atoms with E-state index < -0.39 is 0 Å². The minimum Gasteiger partial charge on any atom is -0.469 e. The number of esters is 1. The highest BCUT2D eigenvalue weighted by molar-refractivity contribution is 5.94. The zero-order valence-electron chi connectivity index (χ0n) is 12.4. The molecule has 2 aromatic rings. The van der Waals surface area contributed by atoms with E-state index in [1.165, 1.54) is 18.1 Å². The van der Waals surface area contributed by atoms with Crippen LogP contribution in [-0.2, 0) is 9.53 Å². The van der Waals surface area contributed by atoms with Crippen LogP contribution in [0, 0.1) is 6.92 Å². The van der Waals surface area contributed by atoms with Gasteiger partial charge in [-0.05, 0) is 47.5 Å². The molecule has 0 bridgehead atoms. The molecule has 0 saturated carbocycles. The molecule has 0 aliphatic rings. The second-order valence-electron chi connectivity index (χ2n) is 4.69. The second kappa shape index (κ2) is 7.30. The van der Waals surface area contributed by atoms with Crippen molar-refractivity contribution in [2.24, 2.45) is 0 Å². The molecule has 1 heterocycles. The summed E-state index contributed by atoms with van der Waals surface area (Å²) in [6, 6.07) is 5.27. The summed E-state index contributed by atoms with van der Waals surface area (Å²) in [6.45, 7) is 2.30. The summed E-state index contributed by atoms with van der Waals surface area (Å²) in [6.07, 6.45) is 2.32. The molecule has 1 aromatic heterocycles. The molecule has 0 fully saturated rings. The summed E-state index contributed by atoms with van der Waals surface area (Å²) in [5, 5.41) is 13.8. The van der Waals surface area contributed by atoms with Crippen LogP contribution < -0.4 is 5.32 Å². The molecule has 2 rings (SSSR count). The van der Waals surface area contributed by atoms with Gasteiger partial charge in [-0.3, -0.25) is 9.59 Å². The third kappa shape index (κ3) is 3.87. The summed E-state index contributed by atoms with van der Waals surface area (Å²) in [4.78, 5) is 23.0. The van der Waals surface area contributed by atoms with Crippen LogP contribution in [0.2, 0.25) is 0 Å². The molecule has 0 unspecified atom stereocenters. The molecule has 1 N–H and O–H groups in total. The number of benzene rings is 1. The zero-order chi connectivity index (χ0) is 15.9. The molecule has 1 amide bonds. The van der Waals surface area contributed by atoms with E-state index in [9.17, 15) is 9.59 Å². The Balaban J connectivity index is 1.94. The molecule has 0 aliphatic carbocycles. The maximum Gasteiger partial charge on any atom is 0.305 e. The Kier molecular flexibility index (Phi) is 5.18. The first kappa shape index (κ1) is 15.6. The summed E-state index contributed by atoms with van der Waals surface area (Å²) in [5.41, 5.74) is 2.24. The van der Waals surface area contributed by atoms with Gasteiger partial charge in [-0.15, -0.1) is 5.10 Å². The first-order chi connectivity index (χ1) is 10.6. The largest absolute Gasteiger partial charge is 0.469 e. The summed E-state index contributed by atoms with van der Waals surface area (Å²) < 4.78 is 6.07. The molecule has 0 spiro atoms. The van der Waals surface area contributed by atoms with Gasteiger partial charge < -0.3 is 10.1 Å². The number of tetrazole rings is 1. The van der Waals surface area contributed by atoms with Crippen molar-refractivity contribution in [1.82, 2.24) is 25.5 Å². The van der Waals surface area contributed by atoms with Crippen LogP contribution >= 0.6 is 0 Å². The van der Waals surface area contributed by atoms with Crippen LogP contribution in [-0.4, -0.2) is 45.7 Å². The molecular formula is C14H17N5O3. The van der Waals surface area contributed by atoms with Gasteiger partial charge in [-0.25, -0.2) is 4.68 Å². The lowest BCUT2D eigenvalue weighted by molar-refractivity contribution is -0.140. The fourth-order valence-electron chi connectivity index (χ4n) is 1.96. The van der Waals surface area contributed by atoms with Crippen LogP contribution in [0.4, 0.5) is 0 Å². The highest BCUT2D eigenvalue weighted by atomic mass is 16.5. The smallest absolute Gasteiger partial charge is 0.305 e. The van der Waals surface area contributed by atoms with Crippen LogP contribution in [0.1, 0.15) is 28.8 Å². The molecule has 0 radical (unpaired) electrons. The standard InChI is InChI=1S/C14H17N5O3/c1-10-8-11(5-6-12(10)19-9-16-17-18-19)14(21)15-7-3-4-13(20)22-2/h5-6,8-9H,3-4,7H2,1-2H3,(H,15,21). The number of aryl methyl sites for hydroxylation is 1. The van der Waals surface area contributed by atoms with E-state index in [0.717, 1.165) is 11.3 Å². The van der Waals surface area contributed by atoms with E-state index in [2.05, 4.69) is 25.6 Å². The Bertz CT molecular complexity index is 655. The van der Waals surface area contributed by atoms with Gasteiger partial charge in [-0.2, -0.15) is 0 Å². The van der Waals surface area contributed by atoms with Gasteiger partial charge in [0.15, 0.2) is 0 Å². The summed E-state index contributed by atoms with van der Waals surface area (Å²) in [5.74, 6) is -0.466. The molecule has 8 heteroatoms. The zero-order valence-corrected chi connectivity index (χ0v) is 12.4. The number of amides is 1. The minimum absolute atomic E-state index is 0.184. The lowest BCUT2D eigenvalue weighted by Gasteiger charge is -2.08. The Morgan fingerprint density at radius 1 is 1.36 bits per heavy atom. The number of nitrogens with one attached hydrogen (secondary N) is 1. The summed E-state index contributed by atoms with van der Waals surface area (Å²) in [7, 11) is 1.34. The van der Waals surface area contributed by atoms with E-state index >= 15 is 0 Å². The number of aromatic nitrogens is 4. The van der Waals surface area contributed by atoms with E-state index in [4.69, 9.17) is 0 Å². The number of carbonyl (C=O) groups is 2. The maximum atomic E-state index is 12.0. The topological polar surface area (TPSA) is 99.0 Å². The first-order valence-corrected chi connectivity index (χ1v) is 6.81. The molecule has 0 saturated heterocycles. The average molecular weight is 303 g/mol. The molecular weight excluding hydrogens is 286 g/mol. The third-order valence-corrected chi connectivity index (χ3v) is 3.13. The highest BCUT2D eigenvalue weighted by Crippen LogP contribution is 2.14. The van der Waals surface area contributed by atoms with Crippen molar-refractivity contribution in [3.05, 3.63) is 35.7 Å². The van der Waals surface area contributed by atoms with Gasteiger partial charge in [-0.1, -0.05) is 0 Å². The summed E-state index contributed by atoms with van der Waals surface area (Å²) >= 11 is 0. The SMILES string of the molecule is COC(=O)CCCNC(=O)c1ccc(-n2cnnn2)c(C)c1. The Morgan fingerprint density at radius 2 is 2.18 bits per heavy atom. The number of nitrogens with zero attached hydrogens (tertiary/aromatic N) is 4. The molecule has 0 atom stereocenters. The van der Waals surface area contributed by atoms with Crippen molar-refractivity contribution in [3.63, 3.8) is 0 Å². The predicted octanol–water partition coefficient (Wildman–Crippen LogP) is 0.654. The van der Waals surface area contributed by atoms with Crippen LogP contribution in [0.15, 0.2) is 24.5 Å². The van der Waals surface area contributed by atoms with Gasteiger partial charge in [0, 0.05) is 18.5 Å². The number of methoxy groups -OCH3 is 1. The Labute approximate surface area is 127 Å². The van der Waals surface area contributed by atoms with Crippen LogP contribution in [0.3, 0.4) is 0 Å². The van der Waals surface area contributed by atoms with Crippen molar-refractivity contribution < 1.29 is 14.3 Å². The molecule has 1 aromatic carbocycles. The van der Waals surface area contributed by atoms with Crippen LogP contribution in [0.5, 0.6) is 0 Å².